The minimum absolute atomic E-state index is 0.197. The monoisotopic (exact) mass is 277 g/mol. The van der Waals surface area contributed by atoms with Crippen LogP contribution < -0.4 is 16.1 Å². The van der Waals surface area contributed by atoms with Crippen LogP contribution in [-0.2, 0) is 0 Å². The molecule has 0 saturated heterocycles. The van der Waals surface area contributed by atoms with Crippen LogP contribution >= 0.6 is 0 Å². The summed E-state index contributed by atoms with van der Waals surface area (Å²) in [6.07, 6.45) is 0.795. The van der Waals surface area contributed by atoms with Crippen LogP contribution in [0.3, 0.4) is 0 Å². The molecule has 0 unspecified atom stereocenters. The van der Waals surface area contributed by atoms with Gasteiger partial charge in [-0.1, -0.05) is 6.92 Å². The van der Waals surface area contributed by atoms with E-state index in [1.165, 1.54) is 7.11 Å². The molecule has 0 fully saturated rings. The van der Waals surface area contributed by atoms with Gasteiger partial charge in [-0.15, -0.1) is 0 Å². The maximum absolute atomic E-state index is 12.1. The minimum atomic E-state index is -0.696. The van der Waals surface area contributed by atoms with Gasteiger partial charge in [0.25, 0.3) is 0 Å². The van der Waals surface area contributed by atoms with Crippen LogP contribution in [0.25, 0.3) is 5.69 Å². The molecule has 1 aromatic carbocycles. The Hall–Kier alpha value is -2.57. The smallest absolute Gasteiger partial charge is 0.358 e. The van der Waals surface area contributed by atoms with Crippen LogP contribution in [0.5, 0.6) is 5.75 Å². The zero-order valence-corrected chi connectivity index (χ0v) is 11.3. The topological polar surface area (TPSA) is 86.1 Å². The molecule has 0 saturated carbocycles. The summed E-state index contributed by atoms with van der Waals surface area (Å²) in [4.78, 5) is 35.7. The molecule has 106 valence electrons. The maximum atomic E-state index is 12.1. The molecule has 0 spiro atoms. The second-order valence-corrected chi connectivity index (χ2v) is 4.21. The highest BCUT2D eigenvalue weighted by atomic mass is 16.5. The van der Waals surface area contributed by atoms with Crippen molar-refractivity contribution < 1.29 is 9.53 Å². The minimum Gasteiger partial charge on any atom is -0.497 e. The second-order valence-electron chi connectivity index (χ2n) is 4.21. The number of hydrogen-bond acceptors (Lipinski definition) is 4. The van der Waals surface area contributed by atoms with Gasteiger partial charge in [-0.25, -0.2) is 19.3 Å². The van der Waals surface area contributed by atoms with E-state index in [4.69, 9.17) is 4.74 Å². The number of aromatic nitrogens is 3. The summed E-state index contributed by atoms with van der Waals surface area (Å²) in [5.74, 6) is 0.182. The highest BCUT2D eigenvalue weighted by molar-refractivity contribution is 5.77. The summed E-state index contributed by atoms with van der Waals surface area (Å²) >= 11 is 0. The molecule has 0 aliphatic rings. The third kappa shape index (κ3) is 2.42. The van der Waals surface area contributed by atoms with Gasteiger partial charge in [-0.2, -0.15) is 4.68 Å². The van der Waals surface area contributed by atoms with Crippen molar-refractivity contribution in [3.05, 3.63) is 45.2 Å². The molecule has 7 nitrogen and oxygen atoms in total. The first-order valence-corrected chi connectivity index (χ1v) is 6.20. The molecular weight excluding hydrogens is 262 g/mol. The predicted octanol–water partition coefficient (Wildman–Crippen LogP) is 0.776. The summed E-state index contributed by atoms with van der Waals surface area (Å²) in [6.45, 7) is 1.82. The first-order chi connectivity index (χ1) is 9.58. The Morgan fingerprint density at radius 1 is 1.25 bits per heavy atom. The van der Waals surface area contributed by atoms with Crippen molar-refractivity contribution in [2.75, 3.05) is 7.11 Å². The molecule has 7 heteroatoms. The van der Waals surface area contributed by atoms with Gasteiger partial charge in [0.1, 0.15) is 5.75 Å². The van der Waals surface area contributed by atoms with E-state index in [2.05, 4.69) is 5.10 Å². The fourth-order valence-corrected chi connectivity index (χ4v) is 1.83. The van der Waals surface area contributed by atoms with Gasteiger partial charge in [0, 0.05) is 6.42 Å². The molecule has 1 aromatic heterocycles. The molecule has 1 heterocycles. The lowest BCUT2D eigenvalue weighted by atomic mass is 10.3. The fraction of sp³-hybridized carbons (Fsp3) is 0.308. The van der Waals surface area contributed by atoms with Gasteiger partial charge in [-0.3, -0.25) is 4.79 Å². The number of carbonyl (C=O) groups excluding carboxylic acids is 1. The van der Waals surface area contributed by atoms with E-state index >= 15 is 0 Å². The number of H-pyrrole nitrogens is 1. The highest BCUT2D eigenvalue weighted by Crippen LogP contribution is 2.12. The Balaban J connectivity index is 2.49. The van der Waals surface area contributed by atoms with E-state index in [1.54, 1.807) is 24.3 Å². The van der Waals surface area contributed by atoms with Gasteiger partial charge >= 0.3 is 11.4 Å². The molecule has 2 rings (SSSR count). The van der Waals surface area contributed by atoms with E-state index in [-0.39, 0.29) is 6.42 Å². The first kappa shape index (κ1) is 13.9. The van der Waals surface area contributed by atoms with Crippen molar-refractivity contribution >= 4 is 5.91 Å². The van der Waals surface area contributed by atoms with Gasteiger partial charge < -0.3 is 4.74 Å². The lowest BCUT2D eigenvalue weighted by Crippen LogP contribution is -2.30. The van der Waals surface area contributed by atoms with Gasteiger partial charge in [0.2, 0.25) is 5.91 Å². The van der Waals surface area contributed by atoms with Crippen LogP contribution in [0.2, 0.25) is 0 Å². The van der Waals surface area contributed by atoms with Crippen LogP contribution in [-0.4, -0.2) is 27.4 Å². The number of aromatic amines is 1. The second kappa shape index (κ2) is 5.60. The third-order valence-electron chi connectivity index (χ3n) is 2.84. The fourth-order valence-electron chi connectivity index (χ4n) is 1.83. The Kier molecular flexibility index (Phi) is 3.88. The Morgan fingerprint density at radius 2 is 1.90 bits per heavy atom. The number of ether oxygens (including phenoxy) is 1. The summed E-state index contributed by atoms with van der Waals surface area (Å²) in [5, 5.41) is 2.26. The van der Waals surface area contributed by atoms with E-state index in [1.807, 2.05) is 6.92 Å². The van der Waals surface area contributed by atoms with Crippen molar-refractivity contribution in [3.63, 3.8) is 0 Å². The lowest BCUT2D eigenvalue weighted by Gasteiger charge is -2.02. The number of nitrogens with zero attached hydrogens (tertiary/aromatic N) is 2. The molecule has 20 heavy (non-hydrogen) atoms. The average Bonchev–Trinajstić information content (AvgIpc) is 2.75. The molecule has 0 bridgehead atoms. The van der Waals surface area contributed by atoms with Gasteiger partial charge in [0.05, 0.1) is 12.8 Å². The van der Waals surface area contributed by atoms with Crippen molar-refractivity contribution in [2.45, 2.75) is 19.8 Å². The van der Waals surface area contributed by atoms with E-state index in [0.717, 1.165) is 9.25 Å². The zero-order chi connectivity index (χ0) is 14.7. The lowest BCUT2D eigenvalue weighted by molar-refractivity contribution is 0.0880. The van der Waals surface area contributed by atoms with Crippen molar-refractivity contribution in [3.8, 4) is 11.4 Å². The Bertz CT molecular complexity index is 721. The van der Waals surface area contributed by atoms with Gasteiger partial charge in [0.15, 0.2) is 0 Å². The SMILES string of the molecule is CCCC(=O)n1[nH]c(=O)n(-c2ccc(OC)cc2)c1=O. The molecule has 1 N–H and O–H groups in total. The van der Waals surface area contributed by atoms with Crippen molar-refractivity contribution in [1.29, 1.82) is 0 Å². The average molecular weight is 277 g/mol. The third-order valence-corrected chi connectivity index (χ3v) is 2.84. The standard InChI is InChI=1S/C13H15N3O4/c1-3-4-11(17)16-13(19)15(12(18)14-16)9-5-7-10(20-2)8-6-9/h5-8H,3-4H2,1-2H3,(H,14,18). The van der Waals surface area contributed by atoms with E-state index in [9.17, 15) is 14.4 Å². The molecule has 2 aromatic rings. The van der Waals surface area contributed by atoms with Crippen LogP contribution in [0, 0.1) is 0 Å². The van der Waals surface area contributed by atoms with E-state index < -0.39 is 17.3 Å². The number of hydrogen-bond donors (Lipinski definition) is 1. The molecule has 0 aliphatic carbocycles. The highest BCUT2D eigenvalue weighted by Gasteiger charge is 2.15. The summed E-state index contributed by atoms with van der Waals surface area (Å²) < 4.78 is 6.66. The van der Waals surface area contributed by atoms with Crippen molar-refractivity contribution in [1.82, 2.24) is 14.3 Å². The first-order valence-electron chi connectivity index (χ1n) is 6.20. The van der Waals surface area contributed by atoms with E-state index in [0.29, 0.717) is 17.9 Å². The largest absolute Gasteiger partial charge is 0.497 e. The zero-order valence-electron chi connectivity index (χ0n) is 11.3. The number of benzene rings is 1. The Labute approximate surface area is 114 Å². The van der Waals surface area contributed by atoms with Crippen LogP contribution in [0.1, 0.15) is 24.6 Å². The summed E-state index contributed by atoms with van der Waals surface area (Å²) in [7, 11) is 1.52. The van der Waals surface area contributed by atoms with Gasteiger partial charge in [-0.05, 0) is 30.7 Å². The van der Waals surface area contributed by atoms with Crippen LogP contribution in [0.15, 0.2) is 33.9 Å². The molecule has 0 amide bonds. The predicted molar refractivity (Wildman–Crippen MR) is 72.7 cm³/mol. The molecule has 0 aliphatic heterocycles. The number of carbonyl (C=O) groups is 1. The summed E-state index contributed by atoms with van der Waals surface area (Å²) in [6, 6.07) is 6.41. The van der Waals surface area contributed by atoms with Crippen LogP contribution in [0.4, 0.5) is 0 Å². The maximum Gasteiger partial charge on any atom is 0.358 e. The molecular formula is C13H15N3O4. The number of rotatable bonds is 4. The quantitative estimate of drug-likeness (QED) is 0.894. The molecule has 0 atom stereocenters. The van der Waals surface area contributed by atoms with Crippen molar-refractivity contribution in [2.24, 2.45) is 0 Å². The molecule has 0 radical (unpaired) electrons. The summed E-state index contributed by atoms with van der Waals surface area (Å²) in [5.41, 5.74) is -0.969. The normalized spacial score (nSPS) is 10.5. The Morgan fingerprint density at radius 3 is 2.45 bits per heavy atom. The number of methoxy groups -OCH3 is 1. The number of nitrogens with one attached hydrogen (secondary N) is 1.